The van der Waals surface area contributed by atoms with Crippen LogP contribution in [0.1, 0.15) is 0 Å². The zero-order valence-corrected chi connectivity index (χ0v) is 8.57. The summed E-state index contributed by atoms with van der Waals surface area (Å²) in [5.41, 5.74) is 0.803. The van der Waals surface area contributed by atoms with E-state index in [-0.39, 0.29) is 0 Å². The van der Waals surface area contributed by atoms with Crippen LogP contribution in [0, 0.1) is 12.3 Å². The maximum atomic E-state index is 5.38. The van der Waals surface area contributed by atoms with E-state index in [9.17, 15) is 0 Å². The number of thioether (sulfide) groups is 1. The van der Waals surface area contributed by atoms with Crippen molar-refractivity contribution in [1.82, 2.24) is 15.2 Å². The molecule has 0 bridgehead atoms. The fraction of sp³-hybridized carbons (Fsp3) is 0.100. The molecule has 0 aliphatic carbocycles. The third-order valence-corrected chi connectivity index (χ3v) is 2.32. The largest absolute Gasteiger partial charge is 0.411 e. The number of hydrogen-bond donors (Lipinski definition) is 0. The topological polar surface area (TPSA) is 51.8 Å². The molecule has 2 aromatic rings. The first-order valence-corrected chi connectivity index (χ1v) is 5.19. The number of hydrogen-bond acceptors (Lipinski definition) is 5. The molecule has 0 aliphatic rings. The number of pyridine rings is 1. The van der Waals surface area contributed by atoms with E-state index in [1.807, 2.05) is 12.1 Å². The van der Waals surface area contributed by atoms with Gasteiger partial charge in [-0.1, -0.05) is 17.7 Å². The minimum Gasteiger partial charge on any atom is -0.411 e. The lowest BCUT2D eigenvalue weighted by molar-refractivity contribution is 0.466. The first kappa shape index (κ1) is 9.74. The van der Waals surface area contributed by atoms with Gasteiger partial charge in [-0.2, -0.15) is 0 Å². The second-order valence-electron chi connectivity index (χ2n) is 2.61. The second-order valence-corrected chi connectivity index (χ2v) is 3.53. The summed E-state index contributed by atoms with van der Waals surface area (Å²) in [5, 5.41) is 8.22. The van der Waals surface area contributed by atoms with Gasteiger partial charge in [0.25, 0.3) is 5.22 Å². The Balaban J connectivity index is 2.18. The maximum absolute atomic E-state index is 5.38. The van der Waals surface area contributed by atoms with Gasteiger partial charge < -0.3 is 4.42 Å². The van der Waals surface area contributed by atoms with Crippen LogP contribution in [0.5, 0.6) is 0 Å². The Morgan fingerprint density at radius 1 is 1.47 bits per heavy atom. The van der Waals surface area contributed by atoms with Crippen molar-refractivity contribution in [2.45, 2.75) is 5.22 Å². The van der Waals surface area contributed by atoms with Crippen LogP contribution in [-0.4, -0.2) is 20.9 Å². The molecular formula is C10H7N3OS. The second kappa shape index (κ2) is 4.62. The summed E-state index contributed by atoms with van der Waals surface area (Å²) < 4.78 is 5.38. The van der Waals surface area contributed by atoms with Crippen molar-refractivity contribution < 1.29 is 4.42 Å². The van der Waals surface area contributed by atoms with Gasteiger partial charge in [0.1, 0.15) is 0 Å². The van der Waals surface area contributed by atoms with Crippen molar-refractivity contribution in [1.29, 1.82) is 0 Å². The lowest BCUT2D eigenvalue weighted by atomic mass is 10.3. The number of nitrogens with zero attached hydrogens (tertiary/aromatic N) is 3. The molecule has 0 fully saturated rings. The number of rotatable bonds is 3. The Labute approximate surface area is 91.1 Å². The molecule has 74 valence electrons. The van der Waals surface area contributed by atoms with Crippen LogP contribution < -0.4 is 0 Å². The molecule has 0 saturated heterocycles. The van der Waals surface area contributed by atoms with E-state index in [2.05, 4.69) is 21.1 Å². The average molecular weight is 217 g/mol. The van der Waals surface area contributed by atoms with Crippen molar-refractivity contribution in [2.75, 3.05) is 5.75 Å². The molecule has 4 nitrogen and oxygen atoms in total. The summed E-state index contributed by atoms with van der Waals surface area (Å²) in [4.78, 5) is 3.97. The van der Waals surface area contributed by atoms with Gasteiger partial charge >= 0.3 is 0 Å². The van der Waals surface area contributed by atoms with Crippen molar-refractivity contribution in [3.63, 3.8) is 0 Å². The van der Waals surface area contributed by atoms with Crippen LogP contribution in [0.25, 0.3) is 11.5 Å². The molecule has 15 heavy (non-hydrogen) atoms. The molecule has 0 N–H and O–H groups in total. The minimum atomic E-state index is 0.461. The predicted octanol–water partition coefficient (Wildman–Crippen LogP) is 1.86. The van der Waals surface area contributed by atoms with E-state index >= 15 is 0 Å². The van der Waals surface area contributed by atoms with E-state index in [4.69, 9.17) is 10.8 Å². The van der Waals surface area contributed by atoms with Crippen molar-refractivity contribution in [3.8, 4) is 23.8 Å². The highest BCUT2D eigenvalue weighted by Gasteiger charge is 2.07. The number of terminal acetylenes is 1. The summed E-state index contributed by atoms with van der Waals surface area (Å²) >= 11 is 1.34. The zero-order valence-electron chi connectivity index (χ0n) is 7.75. The van der Waals surface area contributed by atoms with Crippen LogP contribution in [0.15, 0.2) is 34.2 Å². The molecule has 0 saturated carbocycles. The van der Waals surface area contributed by atoms with Gasteiger partial charge in [-0.05, 0) is 12.1 Å². The van der Waals surface area contributed by atoms with Gasteiger partial charge in [-0.3, -0.25) is 4.98 Å². The fourth-order valence-corrected chi connectivity index (χ4v) is 1.42. The molecule has 2 heterocycles. The third kappa shape index (κ3) is 2.36. The fourth-order valence-electron chi connectivity index (χ4n) is 0.977. The third-order valence-electron chi connectivity index (χ3n) is 1.59. The van der Waals surface area contributed by atoms with E-state index in [1.165, 1.54) is 11.8 Å². The lowest BCUT2D eigenvalue weighted by Gasteiger charge is -1.90. The standard InChI is InChI=1S/C10H7N3OS/c1-2-6-15-10-13-12-9(14-10)8-4-3-5-11-7-8/h1,3-5,7H,6H2. The normalized spacial score (nSPS) is 9.80. The van der Waals surface area contributed by atoms with Gasteiger partial charge in [0.15, 0.2) is 0 Å². The van der Waals surface area contributed by atoms with Gasteiger partial charge in [-0.15, -0.1) is 16.6 Å². The molecule has 0 atom stereocenters. The maximum Gasteiger partial charge on any atom is 0.277 e. The van der Waals surface area contributed by atoms with Crippen LogP contribution >= 0.6 is 11.8 Å². The highest BCUT2D eigenvalue weighted by molar-refractivity contribution is 7.99. The van der Waals surface area contributed by atoms with Crippen LogP contribution in [0.4, 0.5) is 0 Å². The van der Waals surface area contributed by atoms with E-state index in [1.54, 1.807) is 12.4 Å². The summed E-state index contributed by atoms with van der Waals surface area (Å²) in [7, 11) is 0. The van der Waals surface area contributed by atoms with Gasteiger partial charge in [0.05, 0.1) is 11.3 Å². The highest BCUT2D eigenvalue weighted by Crippen LogP contribution is 2.21. The van der Waals surface area contributed by atoms with Crippen molar-refractivity contribution >= 4 is 11.8 Å². The first-order chi connectivity index (χ1) is 7.40. The molecule has 0 aliphatic heterocycles. The first-order valence-electron chi connectivity index (χ1n) is 4.20. The molecule has 2 rings (SSSR count). The van der Waals surface area contributed by atoms with E-state index in [0.717, 1.165) is 5.56 Å². The van der Waals surface area contributed by atoms with Gasteiger partial charge in [-0.25, -0.2) is 0 Å². The Morgan fingerprint density at radius 3 is 3.13 bits per heavy atom. The van der Waals surface area contributed by atoms with Crippen LogP contribution in [0.2, 0.25) is 0 Å². The van der Waals surface area contributed by atoms with Crippen LogP contribution in [-0.2, 0) is 0 Å². The summed E-state index contributed by atoms with van der Waals surface area (Å²) in [6.07, 6.45) is 8.48. The summed E-state index contributed by atoms with van der Waals surface area (Å²) in [5.74, 6) is 3.47. The zero-order chi connectivity index (χ0) is 10.5. The molecule has 0 aromatic carbocycles. The molecule has 5 heteroatoms. The lowest BCUT2D eigenvalue weighted by Crippen LogP contribution is -1.78. The Kier molecular flexibility index (Phi) is 3.00. The van der Waals surface area contributed by atoms with Gasteiger partial charge in [0.2, 0.25) is 5.89 Å². The van der Waals surface area contributed by atoms with E-state index in [0.29, 0.717) is 16.9 Å². The smallest absolute Gasteiger partial charge is 0.277 e. The van der Waals surface area contributed by atoms with E-state index < -0.39 is 0 Å². The molecule has 0 spiro atoms. The molecule has 0 radical (unpaired) electrons. The molecule has 0 unspecified atom stereocenters. The predicted molar refractivity (Wildman–Crippen MR) is 57.1 cm³/mol. The SMILES string of the molecule is C#CCSc1nnc(-c2cccnc2)o1. The Hall–Kier alpha value is -1.80. The summed E-state index contributed by atoms with van der Waals surface area (Å²) in [6.45, 7) is 0. The number of aromatic nitrogens is 3. The van der Waals surface area contributed by atoms with Gasteiger partial charge in [0, 0.05) is 12.4 Å². The summed E-state index contributed by atoms with van der Waals surface area (Å²) in [6, 6.07) is 3.67. The monoisotopic (exact) mass is 217 g/mol. The molecule has 0 amide bonds. The molecule has 2 aromatic heterocycles. The minimum absolute atomic E-state index is 0.461. The molecular weight excluding hydrogens is 210 g/mol. The van der Waals surface area contributed by atoms with Crippen molar-refractivity contribution in [3.05, 3.63) is 24.5 Å². The van der Waals surface area contributed by atoms with Crippen LogP contribution in [0.3, 0.4) is 0 Å². The Morgan fingerprint density at radius 2 is 2.40 bits per heavy atom. The quantitative estimate of drug-likeness (QED) is 0.580. The average Bonchev–Trinajstić information content (AvgIpc) is 2.76. The Bertz CT molecular complexity index is 475. The van der Waals surface area contributed by atoms with Crippen molar-refractivity contribution in [2.24, 2.45) is 0 Å². The highest BCUT2D eigenvalue weighted by atomic mass is 32.2.